The van der Waals surface area contributed by atoms with Crippen LogP contribution in [-0.2, 0) is 0 Å². The average Bonchev–Trinajstić information content (AvgIpc) is 2.38. The maximum atomic E-state index is 5.66. The number of nitrogens with one attached hydrogen (secondary N) is 1. The van der Waals surface area contributed by atoms with E-state index in [2.05, 4.69) is 19.2 Å². The van der Waals surface area contributed by atoms with Gasteiger partial charge in [0.25, 0.3) is 0 Å². The van der Waals surface area contributed by atoms with Crippen molar-refractivity contribution in [3.05, 3.63) is 24.3 Å². The van der Waals surface area contributed by atoms with Gasteiger partial charge in [-0.1, -0.05) is 13.8 Å². The van der Waals surface area contributed by atoms with Crippen LogP contribution in [0.1, 0.15) is 33.1 Å². The van der Waals surface area contributed by atoms with Crippen molar-refractivity contribution in [1.29, 1.82) is 0 Å². The molecule has 0 aromatic heterocycles. The van der Waals surface area contributed by atoms with Crippen LogP contribution < -0.4 is 14.8 Å². The smallest absolute Gasteiger partial charge is 0.119 e. The highest BCUT2D eigenvalue weighted by Crippen LogP contribution is 2.17. The largest absolute Gasteiger partial charge is 0.497 e. The first-order chi connectivity index (χ1) is 8.72. The third-order valence-corrected chi connectivity index (χ3v) is 2.70. The fourth-order valence-electron chi connectivity index (χ4n) is 1.66. The van der Waals surface area contributed by atoms with Gasteiger partial charge in [-0.3, -0.25) is 0 Å². The van der Waals surface area contributed by atoms with Gasteiger partial charge >= 0.3 is 0 Å². The van der Waals surface area contributed by atoms with Crippen LogP contribution in [0.4, 0.5) is 0 Å². The number of rotatable bonds is 9. The van der Waals surface area contributed by atoms with Crippen molar-refractivity contribution in [2.24, 2.45) is 0 Å². The minimum absolute atomic E-state index is 0.584. The van der Waals surface area contributed by atoms with Crippen LogP contribution in [0.3, 0.4) is 0 Å². The Kier molecular flexibility index (Phi) is 7.26. The zero-order valence-corrected chi connectivity index (χ0v) is 11.7. The quantitative estimate of drug-likeness (QED) is 0.683. The van der Waals surface area contributed by atoms with Gasteiger partial charge in [-0.05, 0) is 50.1 Å². The predicted molar refractivity (Wildman–Crippen MR) is 75.5 cm³/mol. The summed E-state index contributed by atoms with van der Waals surface area (Å²) in [5.41, 5.74) is 0. The molecule has 3 nitrogen and oxygen atoms in total. The molecule has 1 rings (SSSR count). The third-order valence-electron chi connectivity index (χ3n) is 2.70. The summed E-state index contributed by atoms with van der Waals surface area (Å²) in [7, 11) is 1.67. The summed E-state index contributed by atoms with van der Waals surface area (Å²) in [5, 5.41) is 3.41. The molecule has 0 saturated heterocycles. The summed E-state index contributed by atoms with van der Waals surface area (Å²) < 4.78 is 10.8. The molecule has 18 heavy (non-hydrogen) atoms. The molecule has 1 N–H and O–H groups in total. The van der Waals surface area contributed by atoms with Gasteiger partial charge in [0.2, 0.25) is 0 Å². The van der Waals surface area contributed by atoms with E-state index in [0.29, 0.717) is 6.04 Å². The fraction of sp³-hybridized carbons (Fsp3) is 0.600. The molecule has 0 heterocycles. The van der Waals surface area contributed by atoms with Gasteiger partial charge < -0.3 is 14.8 Å². The molecule has 0 spiro atoms. The van der Waals surface area contributed by atoms with Crippen molar-refractivity contribution in [3.63, 3.8) is 0 Å². The molecular formula is C15H25NO2. The summed E-state index contributed by atoms with van der Waals surface area (Å²) in [4.78, 5) is 0. The van der Waals surface area contributed by atoms with Crippen molar-refractivity contribution >= 4 is 0 Å². The lowest BCUT2D eigenvalue weighted by Gasteiger charge is -2.08. The summed E-state index contributed by atoms with van der Waals surface area (Å²) in [5.74, 6) is 1.78. The second kappa shape index (κ2) is 8.81. The Balaban J connectivity index is 2.03. The van der Waals surface area contributed by atoms with Crippen molar-refractivity contribution in [3.8, 4) is 11.5 Å². The molecule has 0 fully saturated rings. The second-order valence-corrected chi connectivity index (χ2v) is 4.69. The van der Waals surface area contributed by atoms with Crippen LogP contribution in [0.2, 0.25) is 0 Å². The van der Waals surface area contributed by atoms with E-state index >= 15 is 0 Å². The summed E-state index contributed by atoms with van der Waals surface area (Å²) in [6.07, 6.45) is 3.52. The van der Waals surface area contributed by atoms with E-state index in [-0.39, 0.29) is 0 Å². The minimum atomic E-state index is 0.584. The maximum absolute atomic E-state index is 5.66. The van der Waals surface area contributed by atoms with E-state index in [1.807, 2.05) is 24.3 Å². The van der Waals surface area contributed by atoms with Crippen LogP contribution in [0, 0.1) is 0 Å². The monoisotopic (exact) mass is 251 g/mol. The van der Waals surface area contributed by atoms with E-state index in [1.54, 1.807) is 7.11 Å². The minimum Gasteiger partial charge on any atom is -0.497 e. The molecular weight excluding hydrogens is 226 g/mol. The molecule has 0 radical (unpaired) electrons. The second-order valence-electron chi connectivity index (χ2n) is 4.69. The highest BCUT2D eigenvalue weighted by atomic mass is 16.5. The van der Waals surface area contributed by atoms with Gasteiger partial charge in [0.05, 0.1) is 13.7 Å². The number of unbranched alkanes of at least 4 members (excludes halogenated alkanes) is 2. The molecule has 0 bridgehead atoms. The van der Waals surface area contributed by atoms with Gasteiger partial charge in [-0.15, -0.1) is 0 Å². The van der Waals surface area contributed by atoms with E-state index in [9.17, 15) is 0 Å². The average molecular weight is 251 g/mol. The molecule has 0 saturated carbocycles. The van der Waals surface area contributed by atoms with E-state index < -0.39 is 0 Å². The number of methoxy groups -OCH3 is 1. The summed E-state index contributed by atoms with van der Waals surface area (Å²) in [6, 6.07) is 8.31. The standard InChI is InChI=1S/C15H25NO2/c1-13(2)16-11-5-4-6-12-18-15-9-7-14(17-3)8-10-15/h7-10,13,16H,4-6,11-12H2,1-3H3. The number of ether oxygens (including phenoxy) is 2. The lowest BCUT2D eigenvalue weighted by atomic mass is 10.2. The van der Waals surface area contributed by atoms with Crippen LogP contribution in [0.25, 0.3) is 0 Å². The van der Waals surface area contributed by atoms with Gasteiger partial charge in [-0.2, -0.15) is 0 Å². The van der Waals surface area contributed by atoms with Crippen molar-refractivity contribution in [2.75, 3.05) is 20.3 Å². The predicted octanol–water partition coefficient (Wildman–Crippen LogP) is 3.24. The zero-order valence-electron chi connectivity index (χ0n) is 11.7. The normalized spacial score (nSPS) is 10.7. The Morgan fingerprint density at radius 1 is 1.00 bits per heavy atom. The molecule has 102 valence electrons. The SMILES string of the molecule is COc1ccc(OCCCCCNC(C)C)cc1. The Morgan fingerprint density at radius 3 is 2.28 bits per heavy atom. The highest BCUT2D eigenvalue weighted by Gasteiger charge is 1.96. The van der Waals surface area contributed by atoms with Gasteiger partial charge in [0.15, 0.2) is 0 Å². The van der Waals surface area contributed by atoms with E-state index in [4.69, 9.17) is 9.47 Å². The molecule has 3 heteroatoms. The molecule has 1 aromatic carbocycles. The maximum Gasteiger partial charge on any atom is 0.119 e. The first kappa shape index (κ1) is 14.8. The van der Waals surface area contributed by atoms with E-state index in [0.717, 1.165) is 31.1 Å². The Labute approximate surface area is 110 Å². The molecule has 0 aliphatic rings. The molecule has 0 unspecified atom stereocenters. The van der Waals surface area contributed by atoms with Gasteiger partial charge in [-0.25, -0.2) is 0 Å². The molecule has 0 aliphatic heterocycles. The lowest BCUT2D eigenvalue weighted by Crippen LogP contribution is -2.23. The number of hydrogen-bond acceptors (Lipinski definition) is 3. The van der Waals surface area contributed by atoms with Crippen LogP contribution in [0.15, 0.2) is 24.3 Å². The van der Waals surface area contributed by atoms with Crippen LogP contribution >= 0.6 is 0 Å². The number of benzene rings is 1. The fourth-order valence-corrected chi connectivity index (χ4v) is 1.66. The topological polar surface area (TPSA) is 30.5 Å². The van der Waals surface area contributed by atoms with Crippen molar-refractivity contribution in [1.82, 2.24) is 5.32 Å². The van der Waals surface area contributed by atoms with Crippen molar-refractivity contribution in [2.45, 2.75) is 39.2 Å². The lowest BCUT2D eigenvalue weighted by molar-refractivity contribution is 0.304. The Hall–Kier alpha value is -1.22. The number of hydrogen-bond donors (Lipinski definition) is 1. The molecule has 0 atom stereocenters. The molecule has 1 aromatic rings. The Bertz CT molecular complexity index is 309. The van der Waals surface area contributed by atoms with Crippen LogP contribution in [0.5, 0.6) is 11.5 Å². The van der Waals surface area contributed by atoms with Crippen LogP contribution in [-0.4, -0.2) is 26.3 Å². The van der Waals surface area contributed by atoms with Gasteiger partial charge in [0.1, 0.15) is 11.5 Å². The van der Waals surface area contributed by atoms with E-state index in [1.165, 1.54) is 12.8 Å². The Morgan fingerprint density at radius 2 is 1.67 bits per heavy atom. The zero-order chi connectivity index (χ0) is 13.2. The summed E-state index contributed by atoms with van der Waals surface area (Å²) >= 11 is 0. The highest BCUT2D eigenvalue weighted by molar-refractivity contribution is 5.31. The molecule has 0 amide bonds. The molecule has 0 aliphatic carbocycles. The van der Waals surface area contributed by atoms with Crippen molar-refractivity contribution < 1.29 is 9.47 Å². The first-order valence-corrected chi connectivity index (χ1v) is 6.72. The van der Waals surface area contributed by atoms with Gasteiger partial charge in [0, 0.05) is 6.04 Å². The summed E-state index contributed by atoms with van der Waals surface area (Å²) in [6.45, 7) is 6.23. The third kappa shape index (κ3) is 6.50. The first-order valence-electron chi connectivity index (χ1n) is 6.72.